The Balaban J connectivity index is 1.49. The molecule has 1 aromatic heterocycles. The van der Waals surface area contributed by atoms with Gasteiger partial charge in [0.2, 0.25) is 17.2 Å². The van der Waals surface area contributed by atoms with Crippen LogP contribution in [0, 0.1) is 0 Å². The second-order valence-electron chi connectivity index (χ2n) is 6.71. The van der Waals surface area contributed by atoms with Gasteiger partial charge in [0.25, 0.3) is 0 Å². The molecule has 0 unspecified atom stereocenters. The van der Waals surface area contributed by atoms with Gasteiger partial charge < -0.3 is 10.2 Å². The molecule has 2 aromatic carbocycles. The zero-order chi connectivity index (χ0) is 19.5. The third-order valence-corrected chi connectivity index (χ3v) is 4.85. The molecule has 1 fully saturated rings. The highest BCUT2D eigenvalue weighted by Crippen LogP contribution is 2.29. The van der Waals surface area contributed by atoms with Crippen molar-refractivity contribution in [3.8, 4) is 0 Å². The van der Waals surface area contributed by atoms with Gasteiger partial charge in [0.05, 0.1) is 29.6 Å². The molecule has 2 amide bonds. The molecular weight excluding hydrogens is 356 g/mol. The molecule has 1 aliphatic heterocycles. The molecule has 1 saturated heterocycles. The maximum Gasteiger partial charge on any atom is 0.227 e. The van der Waals surface area contributed by atoms with E-state index in [1.54, 1.807) is 27.8 Å². The van der Waals surface area contributed by atoms with Gasteiger partial charge in [-0.2, -0.15) is 5.10 Å². The number of nitrogens with one attached hydrogen (secondary N) is 1. The summed E-state index contributed by atoms with van der Waals surface area (Å²) in [5.41, 5.74) is 1.91. The van der Waals surface area contributed by atoms with Gasteiger partial charge in [-0.05, 0) is 30.7 Å². The molecule has 142 valence electrons. The molecule has 0 saturated carbocycles. The summed E-state index contributed by atoms with van der Waals surface area (Å²) in [7, 11) is 0. The number of aryl methyl sites for hydroxylation is 1. The molecule has 2 heterocycles. The first-order chi connectivity index (χ1) is 13.6. The van der Waals surface area contributed by atoms with E-state index in [-0.39, 0.29) is 23.7 Å². The van der Waals surface area contributed by atoms with Gasteiger partial charge in [0.15, 0.2) is 0 Å². The normalized spacial score (nSPS) is 13.9. The van der Waals surface area contributed by atoms with Crippen molar-refractivity contribution >= 4 is 34.1 Å². The number of carbonyl (C=O) groups excluding carboxylic acids is 2. The van der Waals surface area contributed by atoms with Gasteiger partial charge in [0.1, 0.15) is 0 Å². The Bertz CT molecular complexity index is 1110. The summed E-state index contributed by atoms with van der Waals surface area (Å²) in [4.78, 5) is 38.2. The van der Waals surface area contributed by atoms with E-state index in [1.807, 2.05) is 30.3 Å². The van der Waals surface area contributed by atoms with E-state index in [0.29, 0.717) is 36.1 Å². The zero-order valence-electron chi connectivity index (χ0n) is 15.3. The van der Waals surface area contributed by atoms with Gasteiger partial charge >= 0.3 is 0 Å². The Labute approximate surface area is 161 Å². The number of fused-ring (bicyclic) bond motifs is 1. The number of anilines is 2. The highest BCUT2D eigenvalue weighted by Gasteiger charge is 2.24. The van der Waals surface area contributed by atoms with Crippen molar-refractivity contribution in [3.63, 3.8) is 0 Å². The van der Waals surface area contributed by atoms with E-state index >= 15 is 0 Å². The summed E-state index contributed by atoms with van der Waals surface area (Å²) < 4.78 is 1.66. The SMILES string of the molecule is O=C(CCn1ncc(=O)c2ccccc21)Nc1ccccc1N1CCCC1=O. The van der Waals surface area contributed by atoms with E-state index in [0.717, 1.165) is 12.1 Å². The van der Waals surface area contributed by atoms with Crippen molar-refractivity contribution in [2.75, 3.05) is 16.8 Å². The smallest absolute Gasteiger partial charge is 0.227 e. The average molecular weight is 376 g/mol. The first-order valence-corrected chi connectivity index (χ1v) is 9.27. The number of hydrogen-bond acceptors (Lipinski definition) is 4. The van der Waals surface area contributed by atoms with Crippen molar-refractivity contribution in [1.29, 1.82) is 0 Å². The predicted molar refractivity (Wildman–Crippen MR) is 107 cm³/mol. The fraction of sp³-hybridized carbons (Fsp3) is 0.238. The van der Waals surface area contributed by atoms with Crippen molar-refractivity contribution in [1.82, 2.24) is 9.78 Å². The largest absolute Gasteiger partial charge is 0.324 e. The number of carbonyl (C=O) groups is 2. The summed E-state index contributed by atoms with van der Waals surface area (Å²) in [6, 6.07) is 14.5. The fourth-order valence-corrected chi connectivity index (χ4v) is 3.48. The lowest BCUT2D eigenvalue weighted by molar-refractivity contribution is -0.117. The molecule has 7 heteroatoms. The van der Waals surface area contributed by atoms with Crippen LogP contribution < -0.4 is 15.6 Å². The van der Waals surface area contributed by atoms with Crippen LogP contribution >= 0.6 is 0 Å². The molecule has 1 aliphatic rings. The lowest BCUT2D eigenvalue weighted by Gasteiger charge is -2.20. The Hall–Kier alpha value is -3.48. The Kier molecular flexibility index (Phi) is 4.89. The van der Waals surface area contributed by atoms with Crippen molar-refractivity contribution < 1.29 is 9.59 Å². The van der Waals surface area contributed by atoms with Crippen LogP contribution in [-0.4, -0.2) is 28.1 Å². The summed E-state index contributed by atoms with van der Waals surface area (Å²) in [5.74, 6) is -0.102. The zero-order valence-corrected chi connectivity index (χ0v) is 15.3. The maximum absolute atomic E-state index is 12.5. The number of para-hydroxylation sites is 3. The van der Waals surface area contributed by atoms with Crippen LogP contribution in [0.2, 0.25) is 0 Å². The third-order valence-electron chi connectivity index (χ3n) is 4.85. The monoisotopic (exact) mass is 376 g/mol. The minimum Gasteiger partial charge on any atom is -0.324 e. The highest BCUT2D eigenvalue weighted by atomic mass is 16.2. The summed E-state index contributed by atoms with van der Waals surface area (Å²) >= 11 is 0. The summed E-state index contributed by atoms with van der Waals surface area (Å²) in [6.07, 6.45) is 2.83. The van der Waals surface area contributed by atoms with Crippen molar-refractivity contribution in [2.24, 2.45) is 0 Å². The van der Waals surface area contributed by atoms with Gasteiger partial charge in [0, 0.05) is 24.8 Å². The molecule has 0 spiro atoms. The highest BCUT2D eigenvalue weighted by molar-refractivity contribution is 6.02. The maximum atomic E-state index is 12.5. The lowest BCUT2D eigenvalue weighted by atomic mass is 10.2. The number of aromatic nitrogens is 2. The van der Waals surface area contributed by atoms with Crippen LogP contribution in [0.25, 0.3) is 10.9 Å². The van der Waals surface area contributed by atoms with Gasteiger partial charge in [-0.15, -0.1) is 0 Å². The van der Waals surface area contributed by atoms with E-state index in [4.69, 9.17) is 0 Å². The molecule has 0 aliphatic carbocycles. The Morgan fingerprint density at radius 2 is 1.86 bits per heavy atom. The minimum atomic E-state index is -0.177. The predicted octanol–water partition coefficient (Wildman–Crippen LogP) is 2.55. The van der Waals surface area contributed by atoms with Gasteiger partial charge in [-0.1, -0.05) is 24.3 Å². The van der Waals surface area contributed by atoms with Crippen LogP contribution in [0.3, 0.4) is 0 Å². The molecule has 0 bridgehead atoms. The summed E-state index contributed by atoms with van der Waals surface area (Å²) in [5, 5.41) is 7.63. The molecule has 28 heavy (non-hydrogen) atoms. The van der Waals surface area contributed by atoms with Crippen LogP contribution in [0.15, 0.2) is 59.5 Å². The third kappa shape index (κ3) is 3.51. The van der Waals surface area contributed by atoms with Crippen LogP contribution in [0.5, 0.6) is 0 Å². The molecule has 0 atom stereocenters. The molecule has 1 N–H and O–H groups in total. The lowest BCUT2D eigenvalue weighted by Crippen LogP contribution is -2.26. The Morgan fingerprint density at radius 3 is 2.68 bits per heavy atom. The number of hydrogen-bond donors (Lipinski definition) is 1. The molecule has 3 aromatic rings. The summed E-state index contributed by atoms with van der Waals surface area (Å²) in [6.45, 7) is 1.01. The second-order valence-corrected chi connectivity index (χ2v) is 6.71. The number of benzene rings is 2. The van der Waals surface area contributed by atoms with E-state index < -0.39 is 0 Å². The molecular formula is C21H20N4O3. The molecule has 4 rings (SSSR count). The van der Waals surface area contributed by atoms with Gasteiger partial charge in [-0.3, -0.25) is 19.1 Å². The van der Waals surface area contributed by atoms with Gasteiger partial charge in [-0.25, -0.2) is 0 Å². The van der Waals surface area contributed by atoms with Crippen molar-refractivity contribution in [3.05, 3.63) is 65.0 Å². The molecule has 0 radical (unpaired) electrons. The van der Waals surface area contributed by atoms with E-state index in [1.165, 1.54) is 6.20 Å². The van der Waals surface area contributed by atoms with Crippen LogP contribution in [-0.2, 0) is 16.1 Å². The minimum absolute atomic E-state index is 0.0747. The quantitative estimate of drug-likeness (QED) is 0.742. The first-order valence-electron chi connectivity index (χ1n) is 9.27. The number of rotatable bonds is 5. The topological polar surface area (TPSA) is 84.3 Å². The second kappa shape index (κ2) is 7.64. The first kappa shape index (κ1) is 17.9. The van der Waals surface area contributed by atoms with Crippen molar-refractivity contribution in [2.45, 2.75) is 25.8 Å². The average Bonchev–Trinajstić information content (AvgIpc) is 3.14. The fourth-order valence-electron chi connectivity index (χ4n) is 3.48. The molecule has 7 nitrogen and oxygen atoms in total. The van der Waals surface area contributed by atoms with Crippen LogP contribution in [0.4, 0.5) is 11.4 Å². The van der Waals surface area contributed by atoms with Crippen LogP contribution in [0.1, 0.15) is 19.3 Å². The Morgan fingerprint density at radius 1 is 1.07 bits per heavy atom. The van der Waals surface area contributed by atoms with E-state index in [2.05, 4.69) is 10.4 Å². The number of amides is 2. The standard InChI is InChI=1S/C21H20N4O3/c26-19-14-22-25(17-8-3-1-6-15(17)19)13-11-20(27)23-16-7-2-4-9-18(16)24-12-5-10-21(24)28/h1-4,6-9,14H,5,10-13H2,(H,23,27). The van der Waals surface area contributed by atoms with E-state index in [9.17, 15) is 14.4 Å². The number of nitrogens with zero attached hydrogens (tertiary/aromatic N) is 3.